The smallest absolute Gasteiger partial charge is 0.183 e. The van der Waals surface area contributed by atoms with E-state index in [1.165, 1.54) is 0 Å². The summed E-state index contributed by atoms with van der Waals surface area (Å²) >= 11 is 0. The van der Waals surface area contributed by atoms with Gasteiger partial charge < -0.3 is 30.7 Å². The van der Waals surface area contributed by atoms with E-state index < -0.39 is 24.6 Å². The van der Waals surface area contributed by atoms with Crippen molar-refractivity contribution in [3.05, 3.63) is 81.2 Å². The third kappa shape index (κ3) is 6.95. The summed E-state index contributed by atoms with van der Waals surface area (Å²) in [5.41, 5.74) is 14.0. The number of Topliss-reactive ketones (excluding diaryl/α,β-unsaturated/α-hetero) is 1. The number of carbonyl (C=O) groups excluding carboxylic acids is 1. The molecule has 0 aliphatic carbocycles. The van der Waals surface area contributed by atoms with Gasteiger partial charge in [0.25, 0.3) is 0 Å². The lowest BCUT2D eigenvalue weighted by Crippen LogP contribution is -2.35. The Morgan fingerprint density at radius 2 is 2.04 bits per heavy atom. The highest BCUT2D eigenvalue weighted by molar-refractivity contribution is 5.88. The number of phenols is 1. The fraction of sp³-hybridized carbons (Fsp3) is 0.432. The van der Waals surface area contributed by atoms with E-state index in [9.17, 15) is 20.1 Å². The number of hydrogen-bond donors (Lipinski definition) is 4. The summed E-state index contributed by atoms with van der Waals surface area (Å²) in [7, 11) is 0. The Morgan fingerprint density at radius 3 is 2.89 bits per heavy atom. The molecule has 0 amide bonds. The molecule has 0 fully saturated rings. The first-order chi connectivity index (χ1) is 22.3. The Kier molecular flexibility index (Phi) is 9.69. The lowest BCUT2D eigenvalue weighted by molar-refractivity contribution is -0.121. The van der Waals surface area contributed by atoms with Crippen molar-refractivity contribution in [2.24, 2.45) is 15.7 Å². The molecule has 5 N–H and O–H groups in total. The SMILES string of the molecule is CCCCC[C@@H](O)CC(=O)CCc1ccc(O)c(O[C@H]2CC#C[C@@H](O)c3ccc4c(c3CC3=C5CN2C=C5N=C3)CC=N[C@@H]4N)c1. The number of allylic oxidation sites excluding steroid dienone is 1. The van der Waals surface area contributed by atoms with Crippen LogP contribution >= 0.6 is 0 Å². The molecule has 4 aliphatic rings. The number of carbonyl (C=O) groups is 1. The molecule has 6 rings (SSSR count). The van der Waals surface area contributed by atoms with Gasteiger partial charge in [0.1, 0.15) is 18.1 Å². The average molecular weight is 623 g/mol. The van der Waals surface area contributed by atoms with Crippen LogP contribution < -0.4 is 10.5 Å². The molecule has 0 saturated heterocycles. The Morgan fingerprint density at radius 1 is 1.20 bits per heavy atom. The van der Waals surface area contributed by atoms with Crippen LogP contribution in [-0.4, -0.2) is 57.3 Å². The van der Waals surface area contributed by atoms with Gasteiger partial charge in [0.05, 0.1) is 18.2 Å². The van der Waals surface area contributed by atoms with Gasteiger partial charge in [-0.25, -0.2) is 0 Å². The van der Waals surface area contributed by atoms with E-state index in [2.05, 4.69) is 23.8 Å². The predicted octanol–water partition coefficient (Wildman–Crippen LogP) is 4.74. The number of nitrogens with two attached hydrogens (primary N) is 1. The maximum absolute atomic E-state index is 12.5. The van der Waals surface area contributed by atoms with Crippen LogP contribution in [0.1, 0.15) is 92.0 Å². The minimum Gasteiger partial charge on any atom is -0.504 e. The van der Waals surface area contributed by atoms with E-state index >= 15 is 0 Å². The summed E-state index contributed by atoms with van der Waals surface area (Å²) in [5.74, 6) is 6.47. The van der Waals surface area contributed by atoms with Gasteiger partial charge in [-0.3, -0.25) is 14.8 Å². The van der Waals surface area contributed by atoms with Gasteiger partial charge in [-0.1, -0.05) is 56.2 Å². The number of aliphatic imine (C=N–C) groups is 2. The number of aliphatic hydroxyl groups excluding tert-OH is 2. The number of phenolic OH excluding ortho intramolecular Hbond substituents is 1. The van der Waals surface area contributed by atoms with E-state index in [4.69, 9.17) is 15.5 Å². The highest BCUT2D eigenvalue weighted by Crippen LogP contribution is 2.38. The van der Waals surface area contributed by atoms with Crippen LogP contribution in [0, 0.1) is 11.8 Å². The molecule has 4 heterocycles. The summed E-state index contributed by atoms with van der Waals surface area (Å²) in [6.07, 6.45) is 9.28. The minimum atomic E-state index is -1.00. The van der Waals surface area contributed by atoms with Gasteiger partial charge in [0.15, 0.2) is 17.7 Å². The maximum Gasteiger partial charge on any atom is 0.183 e. The van der Waals surface area contributed by atoms with Gasteiger partial charge in [-0.15, -0.1) is 0 Å². The van der Waals surface area contributed by atoms with Crippen LogP contribution in [0.15, 0.2) is 63.4 Å². The van der Waals surface area contributed by atoms with Crippen molar-refractivity contribution in [2.45, 2.75) is 95.7 Å². The van der Waals surface area contributed by atoms with Crippen LogP contribution in [0.2, 0.25) is 0 Å². The van der Waals surface area contributed by atoms with Gasteiger partial charge in [-0.05, 0) is 58.4 Å². The molecular weight excluding hydrogens is 580 g/mol. The second-order valence-electron chi connectivity index (χ2n) is 12.5. The monoisotopic (exact) mass is 622 g/mol. The van der Waals surface area contributed by atoms with Crippen molar-refractivity contribution in [2.75, 3.05) is 6.54 Å². The first-order valence-corrected chi connectivity index (χ1v) is 16.3. The number of nitrogens with zero attached hydrogens (tertiary/aromatic N) is 3. The van der Waals surface area contributed by atoms with Crippen molar-refractivity contribution in [3.8, 4) is 23.3 Å². The van der Waals surface area contributed by atoms with Gasteiger partial charge in [0.2, 0.25) is 0 Å². The molecule has 2 aromatic rings. The summed E-state index contributed by atoms with van der Waals surface area (Å²) in [5, 5.41) is 32.2. The Labute approximate surface area is 270 Å². The van der Waals surface area contributed by atoms with E-state index in [0.29, 0.717) is 44.4 Å². The van der Waals surface area contributed by atoms with Crippen molar-refractivity contribution < 1.29 is 24.9 Å². The molecule has 0 unspecified atom stereocenters. The molecule has 4 atom stereocenters. The van der Waals surface area contributed by atoms with Gasteiger partial charge in [-0.2, -0.15) is 0 Å². The molecule has 9 nitrogen and oxygen atoms in total. The number of benzene rings is 2. The molecule has 2 bridgehead atoms. The number of aromatic hydroxyl groups is 1. The standard InChI is InChI=1S/C37H42N4O5/c1-2-3-4-6-25(42)19-26(43)11-9-23-10-14-34(45)35(17-23)46-36-8-5-7-33(44)28-12-13-29-27(15-16-39-37(29)38)30(28)18-24-20-40-32-22-41(36)21-31(24)32/h10,12-14,16-17,20,22,25,33,36-37,42,44-45H,2-4,6,8-9,11,15,18-19,21,38H2,1H3/t25-,33-,36+,37+/m1/s1. The fourth-order valence-corrected chi connectivity index (χ4v) is 6.61. The zero-order chi connectivity index (χ0) is 32.2. The number of fused-ring (bicyclic) bond motifs is 4. The summed E-state index contributed by atoms with van der Waals surface area (Å²) in [6.45, 7) is 2.68. The molecule has 240 valence electrons. The predicted molar refractivity (Wildman–Crippen MR) is 178 cm³/mol. The van der Waals surface area contributed by atoms with E-state index in [1.54, 1.807) is 18.2 Å². The third-order valence-corrected chi connectivity index (χ3v) is 9.20. The highest BCUT2D eigenvalue weighted by Gasteiger charge is 2.32. The number of aliphatic hydroxyl groups is 2. The molecule has 4 aliphatic heterocycles. The molecule has 9 heteroatoms. The second-order valence-corrected chi connectivity index (χ2v) is 12.5. The third-order valence-electron chi connectivity index (χ3n) is 9.20. The molecule has 2 aromatic carbocycles. The summed E-state index contributed by atoms with van der Waals surface area (Å²) in [6, 6.07) is 8.98. The zero-order valence-corrected chi connectivity index (χ0v) is 26.3. The quantitative estimate of drug-likeness (QED) is 0.210. The maximum atomic E-state index is 12.5. The fourth-order valence-electron chi connectivity index (χ4n) is 6.61. The normalized spacial score (nSPS) is 21.9. The van der Waals surface area contributed by atoms with Gasteiger partial charge in [0, 0.05) is 56.4 Å². The average Bonchev–Trinajstić information content (AvgIpc) is 3.62. The minimum absolute atomic E-state index is 0.00838. The van der Waals surface area contributed by atoms with Crippen LogP contribution in [0.3, 0.4) is 0 Å². The molecule has 0 saturated carbocycles. The Bertz CT molecular complexity index is 1680. The molecular formula is C37H42N4O5. The Balaban J connectivity index is 1.21. The van der Waals surface area contributed by atoms with E-state index in [-0.39, 0.29) is 24.4 Å². The first-order valence-electron chi connectivity index (χ1n) is 16.3. The van der Waals surface area contributed by atoms with Gasteiger partial charge >= 0.3 is 0 Å². The van der Waals surface area contributed by atoms with Crippen LogP contribution in [0.4, 0.5) is 0 Å². The lowest BCUT2D eigenvalue weighted by Gasteiger charge is -2.28. The van der Waals surface area contributed by atoms with Crippen molar-refractivity contribution in [1.29, 1.82) is 0 Å². The number of ketones is 1. The van der Waals surface area contributed by atoms with E-state index in [0.717, 1.165) is 63.9 Å². The number of hydrogen-bond acceptors (Lipinski definition) is 9. The van der Waals surface area contributed by atoms with Crippen molar-refractivity contribution in [1.82, 2.24) is 4.90 Å². The summed E-state index contributed by atoms with van der Waals surface area (Å²) < 4.78 is 6.41. The molecule has 46 heavy (non-hydrogen) atoms. The Hall–Kier alpha value is -4.23. The highest BCUT2D eigenvalue weighted by atomic mass is 16.5. The number of rotatable bonds is 11. The van der Waals surface area contributed by atoms with Crippen LogP contribution in [0.5, 0.6) is 11.5 Å². The zero-order valence-electron chi connectivity index (χ0n) is 26.3. The molecule has 0 radical (unpaired) electrons. The van der Waals surface area contributed by atoms with Crippen LogP contribution in [-0.2, 0) is 24.1 Å². The lowest BCUT2D eigenvalue weighted by atomic mass is 9.85. The largest absolute Gasteiger partial charge is 0.504 e. The number of unbranched alkanes of at least 4 members (excludes halogenated alkanes) is 2. The number of aryl methyl sites for hydroxylation is 1. The molecule has 0 spiro atoms. The van der Waals surface area contributed by atoms with Crippen molar-refractivity contribution >= 4 is 18.2 Å². The van der Waals surface area contributed by atoms with Crippen molar-refractivity contribution in [3.63, 3.8) is 0 Å². The second kappa shape index (κ2) is 14.0. The van der Waals surface area contributed by atoms with Crippen LogP contribution in [0.25, 0.3) is 0 Å². The van der Waals surface area contributed by atoms with E-state index in [1.807, 2.05) is 35.7 Å². The number of ether oxygens (including phenoxy) is 1. The first kappa shape index (κ1) is 31.7. The summed E-state index contributed by atoms with van der Waals surface area (Å²) in [4.78, 5) is 23.6. The topological polar surface area (TPSA) is 141 Å². The molecule has 0 aromatic heterocycles.